The topological polar surface area (TPSA) is 66.4 Å². The van der Waals surface area contributed by atoms with Crippen molar-refractivity contribution in [1.29, 1.82) is 0 Å². The molecule has 0 unspecified atom stereocenters. The Bertz CT molecular complexity index is 688. The summed E-state index contributed by atoms with van der Waals surface area (Å²) in [6.45, 7) is 2.37. The first-order valence-corrected chi connectivity index (χ1v) is 7.26. The van der Waals surface area contributed by atoms with Crippen LogP contribution in [-0.4, -0.2) is 17.0 Å². The van der Waals surface area contributed by atoms with Gasteiger partial charge in [0.2, 0.25) is 0 Å². The van der Waals surface area contributed by atoms with E-state index < -0.39 is 5.97 Å². The van der Waals surface area contributed by atoms with Gasteiger partial charge < -0.3 is 10.4 Å². The molecular formula is C16H15NO3S. The third kappa shape index (κ3) is 4.57. The summed E-state index contributed by atoms with van der Waals surface area (Å²) in [6.07, 6.45) is 2.63. The number of carbonyl (C=O) groups is 2. The molecule has 0 fully saturated rings. The van der Waals surface area contributed by atoms with E-state index in [2.05, 4.69) is 5.32 Å². The fourth-order valence-corrected chi connectivity index (χ4v) is 2.59. The summed E-state index contributed by atoms with van der Waals surface area (Å²) in [5, 5.41) is 13.3. The summed E-state index contributed by atoms with van der Waals surface area (Å²) in [5.74, 6) is -1.09. The minimum atomic E-state index is -0.976. The van der Waals surface area contributed by atoms with E-state index in [1.807, 2.05) is 36.6 Å². The zero-order chi connectivity index (χ0) is 15.2. The van der Waals surface area contributed by atoms with Crippen molar-refractivity contribution in [3.63, 3.8) is 0 Å². The molecule has 1 aromatic heterocycles. The van der Waals surface area contributed by atoms with Crippen LogP contribution < -0.4 is 5.32 Å². The molecule has 108 valence electrons. The van der Waals surface area contributed by atoms with E-state index in [-0.39, 0.29) is 5.91 Å². The first-order chi connectivity index (χ1) is 10.0. The zero-order valence-corrected chi connectivity index (χ0v) is 12.3. The standard InChI is InChI=1S/C16H15NO3S/c1-11-3-2-4-13(7-11)16(20)17-9-14-8-12(10-21-14)5-6-15(18)19/h2-8,10H,9H2,1H3,(H,17,20)(H,18,19). The maximum atomic E-state index is 12.0. The van der Waals surface area contributed by atoms with Gasteiger partial charge in [-0.25, -0.2) is 4.79 Å². The number of rotatable bonds is 5. The average Bonchev–Trinajstić information content (AvgIpc) is 2.90. The molecule has 1 amide bonds. The summed E-state index contributed by atoms with van der Waals surface area (Å²) in [5.41, 5.74) is 2.50. The van der Waals surface area contributed by atoms with Gasteiger partial charge in [0.1, 0.15) is 0 Å². The molecule has 0 aliphatic heterocycles. The summed E-state index contributed by atoms with van der Waals surface area (Å²) in [7, 11) is 0. The fraction of sp³-hybridized carbons (Fsp3) is 0.125. The molecule has 0 bridgehead atoms. The van der Waals surface area contributed by atoms with Crippen LogP contribution in [0.25, 0.3) is 6.08 Å². The molecule has 0 saturated heterocycles. The van der Waals surface area contributed by atoms with Crippen LogP contribution >= 0.6 is 11.3 Å². The van der Waals surface area contributed by atoms with E-state index in [1.165, 1.54) is 17.4 Å². The third-order valence-corrected chi connectivity index (χ3v) is 3.75. The Morgan fingerprint density at radius 3 is 2.86 bits per heavy atom. The van der Waals surface area contributed by atoms with Gasteiger partial charge in [0.15, 0.2) is 0 Å². The maximum absolute atomic E-state index is 12.0. The number of nitrogens with one attached hydrogen (secondary N) is 1. The van der Waals surface area contributed by atoms with Crippen molar-refractivity contribution >= 4 is 29.3 Å². The predicted octanol–water partition coefficient (Wildman–Crippen LogP) is 3.08. The Morgan fingerprint density at radius 2 is 2.14 bits per heavy atom. The van der Waals surface area contributed by atoms with Crippen LogP contribution in [0.4, 0.5) is 0 Å². The van der Waals surface area contributed by atoms with Crippen molar-refractivity contribution in [3.8, 4) is 0 Å². The molecule has 0 aliphatic carbocycles. The smallest absolute Gasteiger partial charge is 0.328 e. The molecule has 1 heterocycles. The van der Waals surface area contributed by atoms with Crippen molar-refractivity contribution in [3.05, 3.63) is 63.4 Å². The van der Waals surface area contributed by atoms with E-state index >= 15 is 0 Å². The Kier molecular flexibility index (Phi) is 4.90. The van der Waals surface area contributed by atoms with Crippen LogP contribution in [0.15, 0.2) is 41.8 Å². The lowest BCUT2D eigenvalue weighted by Crippen LogP contribution is -2.22. The molecule has 2 rings (SSSR count). The van der Waals surface area contributed by atoms with Gasteiger partial charge >= 0.3 is 5.97 Å². The molecule has 0 saturated carbocycles. The van der Waals surface area contributed by atoms with Gasteiger partial charge in [0.25, 0.3) is 5.91 Å². The average molecular weight is 301 g/mol. The molecule has 0 spiro atoms. The number of benzene rings is 1. The van der Waals surface area contributed by atoms with Crippen LogP contribution in [0.1, 0.15) is 26.4 Å². The third-order valence-electron chi connectivity index (χ3n) is 2.80. The van der Waals surface area contributed by atoms with Gasteiger partial charge in [0.05, 0.1) is 6.54 Å². The molecule has 1 aromatic carbocycles. The SMILES string of the molecule is Cc1cccc(C(=O)NCc2cc(C=CC(=O)O)cs2)c1. The first kappa shape index (κ1) is 15.0. The summed E-state index contributed by atoms with van der Waals surface area (Å²) in [6, 6.07) is 9.27. The van der Waals surface area contributed by atoms with Crippen molar-refractivity contribution in [2.75, 3.05) is 0 Å². The summed E-state index contributed by atoms with van der Waals surface area (Å²) >= 11 is 1.48. The number of carbonyl (C=O) groups excluding carboxylic acids is 1. The number of carboxylic acid groups (broad SMARTS) is 1. The van der Waals surface area contributed by atoms with Crippen molar-refractivity contribution in [1.82, 2.24) is 5.32 Å². The molecule has 4 nitrogen and oxygen atoms in total. The molecule has 21 heavy (non-hydrogen) atoms. The van der Waals surface area contributed by atoms with Crippen LogP contribution in [0.5, 0.6) is 0 Å². The van der Waals surface area contributed by atoms with Crippen molar-refractivity contribution < 1.29 is 14.7 Å². The number of thiophene rings is 1. The monoisotopic (exact) mass is 301 g/mol. The lowest BCUT2D eigenvalue weighted by molar-refractivity contribution is -0.131. The van der Waals surface area contributed by atoms with Gasteiger partial charge in [-0.05, 0) is 42.1 Å². The number of amides is 1. The van der Waals surface area contributed by atoms with Crippen molar-refractivity contribution in [2.24, 2.45) is 0 Å². The normalized spacial score (nSPS) is 10.7. The zero-order valence-electron chi connectivity index (χ0n) is 11.5. The van der Waals surface area contributed by atoms with E-state index in [4.69, 9.17) is 5.11 Å². The largest absolute Gasteiger partial charge is 0.478 e. The Labute approximate surface area is 126 Å². The first-order valence-electron chi connectivity index (χ1n) is 6.38. The molecule has 0 radical (unpaired) electrons. The fourth-order valence-electron chi connectivity index (χ4n) is 1.80. The quantitative estimate of drug-likeness (QED) is 0.834. The van der Waals surface area contributed by atoms with Crippen LogP contribution in [0, 0.1) is 6.92 Å². The number of aryl methyl sites for hydroxylation is 1. The number of hydrogen-bond donors (Lipinski definition) is 2. The number of aliphatic carboxylic acids is 1. The highest BCUT2D eigenvalue weighted by Crippen LogP contribution is 2.16. The summed E-state index contributed by atoms with van der Waals surface area (Å²) in [4.78, 5) is 23.4. The molecule has 0 aliphatic rings. The maximum Gasteiger partial charge on any atom is 0.328 e. The minimum absolute atomic E-state index is 0.116. The minimum Gasteiger partial charge on any atom is -0.478 e. The second kappa shape index (κ2) is 6.85. The molecule has 5 heteroatoms. The second-order valence-electron chi connectivity index (χ2n) is 4.57. The Hall–Kier alpha value is -2.40. The highest BCUT2D eigenvalue weighted by atomic mass is 32.1. The van der Waals surface area contributed by atoms with Crippen LogP contribution in [0.2, 0.25) is 0 Å². The Morgan fingerprint density at radius 1 is 1.33 bits per heavy atom. The van der Waals surface area contributed by atoms with Gasteiger partial charge in [-0.2, -0.15) is 0 Å². The molecular weight excluding hydrogens is 286 g/mol. The second-order valence-corrected chi connectivity index (χ2v) is 5.57. The van der Waals surface area contributed by atoms with Gasteiger partial charge in [-0.1, -0.05) is 17.7 Å². The van der Waals surface area contributed by atoms with Gasteiger partial charge in [-0.3, -0.25) is 4.79 Å². The molecule has 0 atom stereocenters. The van der Waals surface area contributed by atoms with Crippen molar-refractivity contribution in [2.45, 2.75) is 13.5 Å². The van der Waals surface area contributed by atoms with Crippen LogP contribution in [-0.2, 0) is 11.3 Å². The number of carboxylic acids is 1. The molecule has 2 N–H and O–H groups in total. The predicted molar refractivity (Wildman–Crippen MR) is 83.3 cm³/mol. The lowest BCUT2D eigenvalue weighted by atomic mass is 10.1. The van der Waals surface area contributed by atoms with E-state index in [0.717, 1.165) is 22.1 Å². The highest BCUT2D eigenvalue weighted by molar-refractivity contribution is 7.10. The van der Waals surface area contributed by atoms with Gasteiger partial charge in [-0.15, -0.1) is 11.3 Å². The van der Waals surface area contributed by atoms with E-state index in [0.29, 0.717) is 12.1 Å². The lowest BCUT2D eigenvalue weighted by Gasteiger charge is -2.04. The Balaban J connectivity index is 1.94. The van der Waals surface area contributed by atoms with E-state index in [1.54, 1.807) is 6.07 Å². The van der Waals surface area contributed by atoms with E-state index in [9.17, 15) is 9.59 Å². The molecule has 2 aromatic rings. The van der Waals surface area contributed by atoms with Crippen LogP contribution in [0.3, 0.4) is 0 Å². The highest BCUT2D eigenvalue weighted by Gasteiger charge is 2.06. The summed E-state index contributed by atoms with van der Waals surface area (Å²) < 4.78 is 0. The van der Waals surface area contributed by atoms with Gasteiger partial charge in [0, 0.05) is 16.5 Å². The number of hydrogen-bond acceptors (Lipinski definition) is 3.